The average Bonchev–Trinajstić information content (AvgIpc) is 3.30. The van der Waals surface area contributed by atoms with E-state index < -0.39 is 0 Å². The number of nitrogens with zero attached hydrogens (tertiary/aromatic N) is 3. The molecule has 0 aromatic heterocycles. The van der Waals surface area contributed by atoms with Crippen LogP contribution in [0.2, 0.25) is 10.0 Å². The van der Waals surface area contributed by atoms with E-state index in [4.69, 9.17) is 32.9 Å². The van der Waals surface area contributed by atoms with Crippen molar-refractivity contribution in [3.05, 3.63) is 56.4 Å². The van der Waals surface area contributed by atoms with Crippen LogP contribution < -0.4 is 9.64 Å². The van der Waals surface area contributed by atoms with Crippen LogP contribution in [0.4, 0.5) is 11.4 Å². The highest BCUT2D eigenvalue weighted by atomic mass is 35.5. The maximum Gasteiger partial charge on any atom is 0.269 e. The second kappa shape index (κ2) is 9.45. The number of fused-ring (bicyclic) bond motifs is 1. The van der Waals surface area contributed by atoms with Crippen molar-refractivity contribution in [2.45, 2.75) is 43.0 Å². The van der Waals surface area contributed by atoms with Crippen molar-refractivity contribution in [3.8, 4) is 5.75 Å². The van der Waals surface area contributed by atoms with E-state index in [2.05, 4.69) is 0 Å². The minimum atomic E-state index is 0.0138. The minimum absolute atomic E-state index is 0.0138. The molecule has 1 saturated heterocycles. The molecule has 2 heterocycles. The SMILES string of the molecule is COc1ccc(Cl)cc1N=C1SC(=C2Sc3ccc(Cl)cc3N2C)C(=O)N1C1CCCCC1. The summed E-state index contributed by atoms with van der Waals surface area (Å²) in [7, 11) is 3.59. The number of halogens is 2. The number of aliphatic imine (C=N–C) groups is 1. The number of rotatable bonds is 3. The van der Waals surface area contributed by atoms with E-state index in [1.54, 1.807) is 37.1 Å². The molecule has 0 spiro atoms. The van der Waals surface area contributed by atoms with E-state index in [1.165, 1.54) is 18.2 Å². The van der Waals surface area contributed by atoms with Crippen molar-refractivity contribution < 1.29 is 9.53 Å². The molecule has 172 valence electrons. The molecular weight excluding hydrogens is 497 g/mol. The summed E-state index contributed by atoms with van der Waals surface area (Å²) >= 11 is 15.5. The predicted octanol–water partition coefficient (Wildman–Crippen LogP) is 7.31. The molecule has 9 heteroatoms. The third-order valence-corrected chi connectivity index (χ3v) is 8.98. The number of anilines is 1. The van der Waals surface area contributed by atoms with E-state index in [9.17, 15) is 4.79 Å². The molecule has 2 aromatic rings. The normalized spacial score (nSPS) is 22.4. The van der Waals surface area contributed by atoms with Crippen molar-refractivity contribution >= 4 is 69.2 Å². The second-order valence-electron chi connectivity index (χ2n) is 8.19. The van der Waals surface area contributed by atoms with Gasteiger partial charge in [0, 0.05) is 28.0 Å². The third-order valence-electron chi connectivity index (χ3n) is 6.10. The molecule has 0 bridgehead atoms. The molecule has 2 fully saturated rings. The average molecular weight is 521 g/mol. The van der Waals surface area contributed by atoms with E-state index in [0.717, 1.165) is 41.3 Å². The van der Waals surface area contributed by atoms with Gasteiger partial charge in [-0.2, -0.15) is 0 Å². The lowest BCUT2D eigenvalue weighted by Gasteiger charge is -2.30. The highest BCUT2D eigenvalue weighted by Gasteiger charge is 2.42. The number of methoxy groups -OCH3 is 1. The summed E-state index contributed by atoms with van der Waals surface area (Å²) < 4.78 is 5.50. The number of hydrogen-bond donors (Lipinski definition) is 0. The first kappa shape index (κ1) is 23.0. The van der Waals surface area contributed by atoms with Gasteiger partial charge in [0.2, 0.25) is 0 Å². The van der Waals surface area contributed by atoms with Crippen LogP contribution in [0, 0.1) is 0 Å². The van der Waals surface area contributed by atoms with Crippen molar-refractivity contribution in [1.29, 1.82) is 0 Å². The van der Waals surface area contributed by atoms with E-state index >= 15 is 0 Å². The van der Waals surface area contributed by atoms with Gasteiger partial charge in [-0.15, -0.1) is 0 Å². The van der Waals surface area contributed by atoms with Crippen LogP contribution in [-0.4, -0.2) is 36.2 Å². The summed E-state index contributed by atoms with van der Waals surface area (Å²) in [5, 5.41) is 2.84. The topological polar surface area (TPSA) is 45.1 Å². The highest BCUT2D eigenvalue weighted by Crippen LogP contribution is 2.51. The number of amidine groups is 1. The summed E-state index contributed by atoms with van der Waals surface area (Å²) in [5.74, 6) is 0.638. The van der Waals surface area contributed by atoms with E-state index in [1.807, 2.05) is 35.0 Å². The van der Waals surface area contributed by atoms with Crippen LogP contribution in [0.5, 0.6) is 5.75 Å². The molecular formula is C24H23Cl2N3O2S2. The third kappa shape index (κ3) is 4.36. The zero-order valence-electron chi connectivity index (χ0n) is 18.3. The van der Waals surface area contributed by atoms with Gasteiger partial charge < -0.3 is 9.64 Å². The Kier molecular flexibility index (Phi) is 6.58. The largest absolute Gasteiger partial charge is 0.494 e. The first-order valence-corrected chi connectivity index (χ1v) is 13.2. The zero-order valence-corrected chi connectivity index (χ0v) is 21.5. The van der Waals surface area contributed by atoms with Crippen LogP contribution in [0.3, 0.4) is 0 Å². The van der Waals surface area contributed by atoms with Crippen molar-refractivity contribution in [1.82, 2.24) is 4.90 Å². The fourth-order valence-corrected chi connectivity index (χ4v) is 7.14. The van der Waals surface area contributed by atoms with Crippen molar-refractivity contribution in [2.75, 3.05) is 19.1 Å². The summed E-state index contributed by atoms with van der Waals surface area (Å²) in [6.45, 7) is 0. The Hall–Kier alpha value is -1.80. The molecule has 5 rings (SSSR count). The van der Waals surface area contributed by atoms with Gasteiger partial charge in [0.15, 0.2) is 5.17 Å². The van der Waals surface area contributed by atoms with Crippen LogP contribution >= 0.6 is 46.7 Å². The van der Waals surface area contributed by atoms with Gasteiger partial charge in [-0.05, 0) is 61.0 Å². The summed E-state index contributed by atoms with van der Waals surface area (Å²) in [6.07, 6.45) is 5.43. The maximum absolute atomic E-state index is 13.8. The number of hydrogen-bond acceptors (Lipinski definition) is 6. The number of thioether (sulfide) groups is 2. The molecule has 5 nitrogen and oxygen atoms in total. The standard InChI is InChI=1S/C24H23Cl2N3O2S2/c1-28-18-13-15(26)9-11-20(18)32-23(28)21-22(30)29(16-6-4-3-5-7-16)24(33-21)27-17-12-14(25)8-10-19(17)31-2/h8-13,16H,3-7H2,1-2H3. The molecule has 1 saturated carbocycles. The first-order chi connectivity index (χ1) is 16.0. The molecule has 3 aliphatic rings. The Bertz CT molecular complexity index is 1180. The minimum Gasteiger partial charge on any atom is -0.494 e. The summed E-state index contributed by atoms with van der Waals surface area (Å²) in [4.78, 5) is 24.5. The van der Waals surface area contributed by atoms with E-state index in [-0.39, 0.29) is 11.9 Å². The Morgan fingerprint density at radius 1 is 1.03 bits per heavy atom. The number of benzene rings is 2. The van der Waals surface area contributed by atoms with Gasteiger partial charge in [0.05, 0.1) is 17.8 Å². The quantitative estimate of drug-likeness (QED) is 0.397. The Balaban J connectivity index is 1.58. The number of amides is 1. The van der Waals surface area contributed by atoms with Gasteiger partial charge in [0.1, 0.15) is 16.3 Å². The highest BCUT2D eigenvalue weighted by molar-refractivity contribution is 8.19. The number of carbonyl (C=O) groups is 1. The van der Waals surface area contributed by atoms with Crippen LogP contribution in [0.25, 0.3) is 0 Å². The Morgan fingerprint density at radius 2 is 1.76 bits per heavy atom. The monoisotopic (exact) mass is 519 g/mol. The van der Waals surface area contributed by atoms with Crippen molar-refractivity contribution in [2.24, 2.45) is 4.99 Å². The summed E-state index contributed by atoms with van der Waals surface area (Å²) in [6, 6.07) is 11.3. The molecule has 2 aliphatic heterocycles. The van der Waals surface area contributed by atoms with Gasteiger partial charge in [-0.1, -0.05) is 54.2 Å². The molecule has 2 aromatic carbocycles. The molecule has 0 atom stereocenters. The van der Waals surface area contributed by atoms with Gasteiger partial charge in [0.25, 0.3) is 5.91 Å². The van der Waals surface area contributed by atoms with Gasteiger partial charge >= 0.3 is 0 Å². The van der Waals surface area contributed by atoms with Gasteiger partial charge in [-0.25, -0.2) is 4.99 Å². The molecule has 0 N–H and O–H groups in total. The van der Waals surface area contributed by atoms with Crippen LogP contribution in [-0.2, 0) is 4.79 Å². The fourth-order valence-electron chi connectivity index (χ4n) is 4.43. The summed E-state index contributed by atoms with van der Waals surface area (Å²) in [5.41, 5.74) is 1.63. The smallest absolute Gasteiger partial charge is 0.269 e. The Morgan fingerprint density at radius 3 is 2.52 bits per heavy atom. The predicted molar refractivity (Wildman–Crippen MR) is 139 cm³/mol. The second-order valence-corrected chi connectivity index (χ2v) is 11.1. The fraction of sp³-hybridized carbons (Fsp3) is 0.333. The molecule has 0 unspecified atom stereocenters. The maximum atomic E-state index is 13.8. The first-order valence-electron chi connectivity index (χ1n) is 10.9. The Labute approximate surface area is 212 Å². The lowest BCUT2D eigenvalue weighted by Crippen LogP contribution is -2.40. The number of ether oxygens (including phenoxy) is 1. The zero-order chi connectivity index (χ0) is 23.1. The molecule has 1 aliphatic carbocycles. The van der Waals surface area contributed by atoms with Crippen LogP contribution in [0.15, 0.2) is 56.2 Å². The van der Waals surface area contributed by atoms with Gasteiger partial charge in [-0.3, -0.25) is 9.69 Å². The van der Waals surface area contributed by atoms with Crippen molar-refractivity contribution in [3.63, 3.8) is 0 Å². The lowest BCUT2D eigenvalue weighted by molar-refractivity contribution is -0.124. The lowest BCUT2D eigenvalue weighted by atomic mass is 9.94. The van der Waals surface area contributed by atoms with E-state index in [0.29, 0.717) is 31.6 Å². The molecule has 33 heavy (non-hydrogen) atoms. The molecule has 1 amide bonds. The molecule has 0 radical (unpaired) electrons. The van der Waals surface area contributed by atoms with Crippen LogP contribution in [0.1, 0.15) is 32.1 Å². The number of carbonyl (C=O) groups excluding carboxylic acids is 1.